The van der Waals surface area contributed by atoms with Crippen LogP contribution in [-0.2, 0) is 18.4 Å². The van der Waals surface area contributed by atoms with Crippen molar-refractivity contribution in [2.75, 3.05) is 44.6 Å². The van der Waals surface area contributed by atoms with Crippen LogP contribution in [0.4, 0.5) is 5.69 Å². The van der Waals surface area contributed by atoms with Crippen molar-refractivity contribution in [1.29, 1.82) is 0 Å². The van der Waals surface area contributed by atoms with Gasteiger partial charge in [-0.1, -0.05) is 19.1 Å². The number of carbonyl (C=O) groups excluding carboxylic acids is 3. The lowest BCUT2D eigenvalue weighted by Crippen LogP contribution is -2.47. The van der Waals surface area contributed by atoms with Gasteiger partial charge in [0.05, 0.1) is 5.69 Å². The Hall–Kier alpha value is -3.20. The minimum Gasteiger partial charge on any atom is -0.340 e. The van der Waals surface area contributed by atoms with Crippen LogP contribution < -0.4 is 5.32 Å². The number of nitrogens with zero attached hydrogens (tertiary/aromatic N) is 5. The zero-order valence-electron chi connectivity index (χ0n) is 20.3. The molecule has 0 radical (unpaired) electrons. The summed E-state index contributed by atoms with van der Waals surface area (Å²) in [7, 11) is 1.75. The fraction of sp³-hybridized carbons (Fsp3) is 0.520. The molecule has 9 heteroatoms. The second kappa shape index (κ2) is 10.4. The Morgan fingerprint density at radius 1 is 1.03 bits per heavy atom. The predicted molar refractivity (Wildman–Crippen MR) is 129 cm³/mol. The molecule has 2 aliphatic heterocycles. The van der Waals surface area contributed by atoms with E-state index in [0.29, 0.717) is 30.3 Å². The van der Waals surface area contributed by atoms with Gasteiger partial charge in [0, 0.05) is 71.5 Å². The zero-order chi connectivity index (χ0) is 24.2. The van der Waals surface area contributed by atoms with Crippen LogP contribution >= 0.6 is 0 Å². The molecule has 9 nitrogen and oxygen atoms in total. The molecule has 1 aromatic carbocycles. The molecule has 182 valence electrons. The van der Waals surface area contributed by atoms with Crippen molar-refractivity contribution >= 4 is 23.4 Å². The SMILES string of the molecule is CC(=O)N1CCN(Cc2cccc(C(=O)Nc3cn(C)nc3C(=O)N3CCC(C)CC3)c2)CC1. The Labute approximate surface area is 200 Å². The second-order valence-corrected chi connectivity index (χ2v) is 9.48. The first-order valence-electron chi connectivity index (χ1n) is 12.0. The van der Waals surface area contributed by atoms with Crippen molar-refractivity contribution in [2.24, 2.45) is 13.0 Å². The molecule has 0 spiro atoms. The standard InChI is InChI=1S/C25H34N6O3/c1-18-7-9-31(10-8-18)25(34)23-22(17-28(3)27-23)26-24(33)21-6-4-5-20(15-21)16-29-11-13-30(14-12-29)19(2)32/h4-6,15,17-18H,7-14,16H2,1-3H3,(H,26,33). The topological polar surface area (TPSA) is 90.8 Å². The van der Waals surface area contributed by atoms with Crippen LogP contribution in [0, 0.1) is 5.92 Å². The molecule has 3 heterocycles. The Morgan fingerprint density at radius 2 is 1.74 bits per heavy atom. The minimum absolute atomic E-state index is 0.112. The highest BCUT2D eigenvalue weighted by Crippen LogP contribution is 2.22. The first-order valence-corrected chi connectivity index (χ1v) is 12.0. The average Bonchev–Trinajstić information content (AvgIpc) is 3.19. The minimum atomic E-state index is -0.266. The molecule has 1 N–H and O–H groups in total. The third-order valence-corrected chi connectivity index (χ3v) is 6.76. The largest absolute Gasteiger partial charge is 0.340 e. The Morgan fingerprint density at radius 3 is 2.41 bits per heavy atom. The van der Waals surface area contributed by atoms with Crippen molar-refractivity contribution in [3.05, 3.63) is 47.3 Å². The summed E-state index contributed by atoms with van der Waals surface area (Å²) in [6, 6.07) is 7.54. The lowest BCUT2D eigenvalue weighted by Gasteiger charge is -2.34. The quantitative estimate of drug-likeness (QED) is 0.730. The van der Waals surface area contributed by atoms with E-state index in [0.717, 1.165) is 51.1 Å². The number of likely N-dealkylation sites (tertiary alicyclic amines) is 1. The van der Waals surface area contributed by atoms with Crippen molar-refractivity contribution in [3.8, 4) is 0 Å². The maximum Gasteiger partial charge on any atom is 0.276 e. The number of carbonyl (C=O) groups is 3. The molecular weight excluding hydrogens is 432 g/mol. The molecule has 2 saturated heterocycles. The van der Waals surface area contributed by atoms with Crippen LogP contribution in [-0.4, -0.2) is 81.5 Å². The van der Waals surface area contributed by atoms with Crippen LogP contribution in [0.1, 0.15) is 53.1 Å². The summed E-state index contributed by atoms with van der Waals surface area (Å²) >= 11 is 0. The van der Waals surface area contributed by atoms with Crippen LogP contribution in [0.3, 0.4) is 0 Å². The smallest absolute Gasteiger partial charge is 0.276 e. The van der Waals surface area contributed by atoms with E-state index in [2.05, 4.69) is 22.2 Å². The van der Waals surface area contributed by atoms with Crippen LogP contribution in [0.2, 0.25) is 0 Å². The number of piperazine rings is 1. The molecule has 4 rings (SSSR count). The van der Waals surface area contributed by atoms with Crippen LogP contribution in [0.15, 0.2) is 30.5 Å². The molecule has 0 aliphatic carbocycles. The monoisotopic (exact) mass is 466 g/mol. The summed E-state index contributed by atoms with van der Waals surface area (Å²) in [5.74, 6) is 0.331. The lowest BCUT2D eigenvalue weighted by molar-refractivity contribution is -0.130. The predicted octanol–water partition coefficient (Wildman–Crippen LogP) is 2.21. The van der Waals surface area contributed by atoms with Gasteiger partial charge >= 0.3 is 0 Å². The second-order valence-electron chi connectivity index (χ2n) is 9.48. The number of nitrogens with one attached hydrogen (secondary N) is 1. The van der Waals surface area contributed by atoms with Gasteiger partial charge in [-0.05, 0) is 36.5 Å². The number of aryl methyl sites for hydroxylation is 1. The number of anilines is 1. The molecule has 0 saturated carbocycles. The first-order chi connectivity index (χ1) is 16.3. The van der Waals surface area contributed by atoms with Gasteiger partial charge in [0.1, 0.15) is 0 Å². The van der Waals surface area contributed by atoms with Crippen molar-refractivity contribution in [2.45, 2.75) is 33.2 Å². The van der Waals surface area contributed by atoms with E-state index in [4.69, 9.17) is 0 Å². The van der Waals surface area contributed by atoms with E-state index in [-0.39, 0.29) is 23.4 Å². The van der Waals surface area contributed by atoms with Gasteiger partial charge in [0.15, 0.2) is 5.69 Å². The summed E-state index contributed by atoms with van der Waals surface area (Å²) < 4.78 is 1.56. The van der Waals surface area contributed by atoms with Gasteiger partial charge in [-0.15, -0.1) is 0 Å². The van der Waals surface area contributed by atoms with E-state index >= 15 is 0 Å². The summed E-state index contributed by atoms with van der Waals surface area (Å²) in [5.41, 5.74) is 2.29. The maximum atomic E-state index is 13.1. The molecule has 0 unspecified atom stereocenters. The number of piperidine rings is 1. The lowest BCUT2D eigenvalue weighted by atomic mass is 9.99. The summed E-state index contributed by atoms with van der Waals surface area (Å²) in [4.78, 5) is 43.6. The van der Waals surface area contributed by atoms with Crippen molar-refractivity contribution in [3.63, 3.8) is 0 Å². The molecule has 1 aromatic heterocycles. The normalized spacial score (nSPS) is 17.6. The Balaban J connectivity index is 1.41. The zero-order valence-corrected chi connectivity index (χ0v) is 20.3. The van der Waals surface area contributed by atoms with E-state index < -0.39 is 0 Å². The number of rotatable bonds is 5. The first kappa shape index (κ1) is 23.9. The van der Waals surface area contributed by atoms with Gasteiger partial charge < -0.3 is 15.1 Å². The third-order valence-electron chi connectivity index (χ3n) is 6.76. The van der Waals surface area contributed by atoms with E-state index in [1.165, 1.54) is 0 Å². The van der Waals surface area contributed by atoms with Crippen LogP contribution in [0.25, 0.3) is 0 Å². The van der Waals surface area contributed by atoms with Crippen LogP contribution in [0.5, 0.6) is 0 Å². The third kappa shape index (κ3) is 5.64. The molecule has 2 aliphatic rings. The van der Waals surface area contributed by atoms with Gasteiger partial charge in [0.25, 0.3) is 11.8 Å². The van der Waals surface area contributed by atoms with Gasteiger partial charge in [0.2, 0.25) is 5.91 Å². The molecule has 3 amide bonds. The van der Waals surface area contributed by atoms with Crippen molar-refractivity contribution in [1.82, 2.24) is 24.5 Å². The number of aromatic nitrogens is 2. The summed E-state index contributed by atoms with van der Waals surface area (Å²) in [5, 5.41) is 7.24. The Bertz CT molecular complexity index is 1050. The van der Waals surface area contributed by atoms with Gasteiger partial charge in [-0.3, -0.25) is 24.0 Å². The molecule has 2 aromatic rings. The highest BCUT2D eigenvalue weighted by atomic mass is 16.2. The fourth-order valence-electron chi connectivity index (χ4n) is 4.58. The van der Waals surface area contributed by atoms with E-state index in [1.54, 1.807) is 30.9 Å². The van der Waals surface area contributed by atoms with E-state index in [9.17, 15) is 14.4 Å². The number of benzene rings is 1. The molecule has 0 atom stereocenters. The summed E-state index contributed by atoms with van der Waals surface area (Å²) in [6.45, 7) is 9.03. The van der Waals surface area contributed by atoms with Gasteiger partial charge in [-0.25, -0.2) is 0 Å². The number of hydrogen-bond donors (Lipinski definition) is 1. The highest BCUT2D eigenvalue weighted by molar-refractivity contribution is 6.08. The molecule has 34 heavy (non-hydrogen) atoms. The van der Waals surface area contributed by atoms with E-state index in [1.807, 2.05) is 28.0 Å². The molecular formula is C25H34N6O3. The highest BCUT2D eigenvalue weighted by Gasteiger charge is 2.26. The maximum absolute atomic E-state index is 13.1. The number of amides is 3. The number of hydrogen-bond acceptors (Lipinski definition) is 5. The van der Waals surface area contributed by atoms with Gasteiger partial charge in [-0.2, -0.15) is 5.10 Å². The van der Waals surface area contributed by atoms with Crippen molar-refractivity contribution < 1.29 is 14.4 Å². The summed E-state index contributed by atoms with van der Waals surface area (Å²) in [6.07, 6.45) is 3.64. The Kier molecular flexibility index (Phi) is 7.31. The average molecular weight is 467 g/mol. The fourth-order valence-corrected chi connectivity index (χ4v) is 4.58. The molecule has 0 bridgehead atoms. The molecule has 2 fully saturated rings.